The third-order valence-corrected chi connectivity index (χ3v) is 3.11. The summed E-state index contributed by atoms with van der Waals surface area (Å²) in [5.41, 5.74) is 2.47. The molecule has 1 aromatic carbocycles. The number of hydrogen-bond acceptors (Lipinski definition) is 4. The van der Waals surface area contributed by atoms with Crippen molar-refractivity contribution in [3.05, 3.63) is 52.9 Å². The van der Waals surface area contributed by atoms with Gasteiger partial charge in [0.15, 0.2) is 0 Å². The first-order valence-corrected chi connectivity index (χ1v) is 6.31. The van der Waals surface area contributed by atoms with Crippen LogP contribution in [0.2, 0.25) is 0 Å². The number of nitrogens with zero attached hydrogens (tertiary/aromatic N) is 1. The van der Waals surface area contributed by atoms with Crippen LogP contribution < -0.4 is 10.1 Å². The van der Waals surface area contributed by atoms with Crippen molar-refractivity contribution in [1.82, 2.24) is 0 Å². The number of benzene rings is 1. The van der Waals surface area contributed by atoms with Gasteiger partial charge < -0.3 is 10.1 Å². The van der Waals surface area contributed by atoms with Gasteiger partial charge in [0, 0.05) is 17.5 Å². The Balaban J connectivity index is 2.11. The fourth-order valence-corrected chi connectivity index (χ4v) is 2.10. The second kappa shape index (κ2) is 5.89. The molecule has 0 atom stereocenters. The lowest BCUT2D eigenvalue weighted by molar-refractivity contribution is 0.415. The van der Waals surface area contributed by atoms with E-state index in [-0.39, 0.29) is 0 Å². The topological polar surface area (TPSA) is 45.0 Å². The first kappa shape index (κ1) is 12.2. The van der Waals surface area contributed by atoms with Gasteiger partial charge in [-0.3, -0.25) is 0 Å². The van der Waals surface area contributed by atoms with Gasteiger partial charge in [-0.15, -0.1) is 0 Å². The van der Waals surface area contributed by atoms with Crippen molar-refractivity contribution in [2.45, 2.75) is 0 Å². The molecule has 0 aliphatic carbocycles. The molecule has 0 saturated heterocycles. The second-order valence-corrected chi connectivity index (χ2v) is 4.33. The van der Waals surface area contributed by atoms with Crippen molar-refractivity contribution in [1.29, 1.82) is 5.26 Å². The Kier molecular flexibility index (Phi) is 4.00. The average Bonchev–Trinajstić information content (AvgIpc) is 2.94. The van der Waals surface area contributed by atoms with Crippen molar-refractivity contribution in [3.63, 3.8) is 0 Å². The van der Waals surface area contributed by atoms with Gasteiger partial charge in [0.2, 0.25) is 0 Å². The number of nitrogens with one attached hydrogen (secondary N) is 1. The van der Waals surface area contributed by atoms with Gasteiger partial charge >= 0.3 is 0 Å². The molecule has 0 aliphatic heterocycles. The lowest BCUT2D eigenvalue weighted by Crippen LogP contribution is -1.90. The molecule has 1 N–H and O–H groups in total. The van der Waals surface area contributed by atoms with Gasteiger partial charge in [0.1, 0.15) is 11.8 Å². The molecule has 90 valence electrons. The third-order valence-electron chi connectivity index (χ3n) is 2.43. The van der Waals surface area contributed by atoms with E-state index in [1.165, 1.54) is 0 Å². The van der Waals surface area contributed by atoms with Crippen molar-refractivity contribution in [3.8, 4) is 11.8 Å². The van der Waals surface area contributed by atoms with Crippen molar-refractivity contribution >= 4 is 22.6 Å². The van der Waals surface area contributed by atoms with Crippen LogP contribution >= 0.6 is 11.3 Å². The Labute approximate surface area is 110 Å². The third kappa shape index (κ3) is 2.90. The van der Waals surface area contributed by atoms with Crippen molar-refractivity contribution < 1.29 is 4.74 Å². The number of ether oxygens (including phenoxy) is 1. The zero-order chi connectivity index (χ0) is 12.8. The molecule has 3 nitrogen and oxygen atoms in total. The number of anilines is 1. The molecule has 0 spiro atoms. The van der Waals surface area contributed by atoms with E-state index in [1.54, 1.807) is 24.6 Å². The highest BCUT2D eigenvalue weighted by molar-refractivity contribution is 7.08. The fourth-order valence-electron chi connectivity index (χ4n) is 1.44. The summed E-state index contributed by atoms with van der Waals surface area (Å²) in [6.07, 6.45) is 1.71. The van der Waals surface area contributed by atoms with Crippen LogP contribution in [0.25, 0.3) is 5.57 Å². The van der Waals surface area contributed by atoms with Crippen LogP contribution in [0.4, 0.5) is 5.69 Å². The zero-order valence-corrected chi connectivity index (χ0v) is 10.7. The number of allylic oxidation sites excluding steroid dienone is 1. The quantitative estimate of drug-likeness (QED) is 0.848. The monoisotopic (exact) mass is 256 g/mol. The standard InChI is InChI=1S/C14H12N2OS/c1-17-14-4-2-13(3-5-14)16-9-12(8-15)11-6-7-18-10-11/h2-7,9-10,16H,1H3/b12-9-. The van der Waals surface area contributed by atoms with Crippen LogP contribution in [0.5, 0.6) is 5.75 Å². The van der Waals surface area contributed by atoms with Crippen LogP contribution in [-0.4, -0.2) is 7.11 Å². The highest BCUT2D eigenvalue weighted by Crippen LogP contribution is 2.19. The summed E-state index contributed by atoms with van der Waals surface area (Å²) in [5.74, 6) is 0.808. The van der Waals surface area contributed by atoms with E-state index >= 15 is 0 Å². The minimum atomic E-state index is 0.618. The average molecular weight is 256 g/mol. The maximum Gasteiger partial charge on any atom is 0.119 e. The van der Waals surface area contributed by atoms with Crippen LogP contribution in [0.3, 0.4) is 0 Å². The van der Waals surface area contributed by atoms with E-state index in [9.17, 15) is 0 Å². The van der Waals surface area contributed by atoms with E-state index in [1.807, 2.05) is 41.1 Å². The van der Waals surface area contributed by atoms with Gasteiger partial charge in [-0.2, -0.15) is 16.6 Å². The van der Waals surface area contributed by atoms with E-state index in [0.29, 0.717) is 5.57 Å². The fraction of sp³-hybridized carbons (Fsp3) is 0.0714. The number of hydrogen-bond donors (Lipinski definition) is 1. The molecular formula is C14H12N2OS. The minimum Gasteiger partial charge on any atom is -0.497 e. The summed E-state index contributed by atoms with van der Waals surface area (Å²) < 4.78 is 5.08. The van der Waals surface area contributed by atoms with Gasteiger partial charge in [-0.05, 0) is 41.1 Å². The molecule has 0 amide bonds. The van der Waals surface area contributed by atoms with Crippen LogP contribution in [0.1, 0.15) is 5.56 Å². The molecule has 2 rings (SSSR count). The summed E-state index contributed by atoms with van der Waals surface area (Å²) in [6, 6.07) is 11.6. The Morgan fingerprint density at radius 1 is 1.33 bits per heavy atom. The van der Waals surface area contributed by atoms with Crippen LogP contribution in [-0.2, 0) is 0 Å². The zero-order valence-electron chi connectivity index (χ0n) is 9.88. The summed E-state index contributed by atoms with van der Waals surface area (Å²) in [4.78, 5) is 0. The molecule has 1 aromatic heterocycles. The summed E-state index contributed by atoms with van der Waals surface area (Å²) in [5, 5.41) is 16.1. The maximum absolute atomic E-state index is 9.08. The molecule has 18 heavy (non-hydrogen) atoms. The molecule has 2 aromatic rings. The molecule has 0 unspecified atom stereocenters. The summed E-state index contributed by atoms with van der Waals surface area (Å²) in [6.45, 7) is 0. The normalized spacial score (nSPS) is 10.8. The van der Waals surface area contributed by atoms with Crippen molar-refractivity contribution in [2.24, 2.45) is 0 Å². The predicted molar refractivity (Wildman–Crippen MR) is 74.5 cm³/mol. The number of rotatable bonds is 4. The maximum atomic E-state index is 9.08. The van der Waals surface area contributed by atoms with E-state index in [2.05, 4.69) is 11.4 Å². The van der Waals surface area contributed by atoms with Crippen LogP contribution in [0.15, 0.2) is 47.3 Å². The molecule has 0 saturated carbocycles. The first-order valence-electron chi connectivity index (χ1n) is 5.37. The SMILES string of the molecule is COc1ccc(N/C=C(/C#N)c2ccsc2)cc1. The number of thiophene rings is 1. The summed E-state index contributed by atoms with van der Waals surface area (Å²) in [7, 11) is 1.63. The molecule has 0 bridgehead atoms. The number of methoxy groups -OCH3 is 1. The van der Waals surface area contributed by atoms with Gasteiger partial charge in [-0.25, -0.2) is 0 Å². The summed E-state index contributed by atoms with van der Waals surface area (Å²) >= 11 is 1.57. The van der Waals surface area contributed by atoms with Gasteiger partial charge in [0.05, 0.1) is 12.7 Å². The van der Waals surface area contributed by atoms with Gasteiger partial charge in [-0.1, -0.05) is 0 Å². The van der Waals surface area contributed by atoms with Crippen LogP contribution in [0, 0.1) is 11.3 Å². The van der Waals surface area contributed by atoms with Gasteiger partial charge in [0.25, 0.3) is 0 Å². The molecule has 0 aliphatic rings. The van der Waals surface area contributed by atoms with Crippen molar-refractivity contribution in [2.75, 3.05) is 12.4 Å². The number of nitriles is 1. The highest BCUT2D eigenvalue weighted by Gasteiger charge is 2.00. The lowest BCUT2D eigenvalue weighted by Gasteiger charge is -2.03. The largest absolute Gasteiger partial charge is 0.497 e. The van der Waals surface area contributed by atoms with E-state index in [0.717, 1.165) is 17.0 Å². The second-order valence-electron chi connectivity index (χ2n) is 3.55. The van der Waals surface area contributed by atoms with E-state index < -0.39 is 0 Å². The molecule has 1 heterocycles. The van der Waals surface area contributed by atoms with E-state index in [4.69, 9.17) is 10.00 Å². The Morgan fingerprint density at radius 2 is 2.11 bits per heavy atom. The first-order chi connectivity index (χ1) is 8.83. The Morgan fingerprint density at radius 3 is 2.67 bits per heavy atom. The molecule has 4 heteroatoms. The Bertz CT molecular complexity index is 565. The molecule has 0 fully saturated rings. The lowest BCUT2D eigenvalue weighted by atomic mass is 10.2. The predicted octanol–water partition coefficient (Wildman–Crippen LogP) is 3.73. The highest BCUT2D eigenvalue weighted by atomic mass is 32.1. The Hall–Kier alpha value is -2.25. The molecule has 0 radical (unpaired) electrons. The molecular weight excluding hydrogens is 244 g/mol. The smallest absolute Gasteiger partial charge is 0.119 e. The minimum absolute atomic E-state index is 0.618.